The van der Waals surface area contributed by atoms with Gasteiger partial charge in [0.2, 0.25) is 0 Å². The minimum atomic E-state index is -0.507. The van der Waals surface area contributed by atoms with E-state index in [1.54, 1.807) is 36.4 Å². The molecule has 2 amide bonds. The number of aromatic hydroxyl groups is 1. The first-order chi connectivity index (χ1) is 9.60. The lowest BCUT2D eigenvalue weighted by Crippen LogP contribution is -2.19. The third-order valence-corrected chi connectivity index (χ3v) is 2.80. The van der Waals surface area contributed by atoms with Crippen LogP contribution in [0.5, 0.6) is 11.5 Å². The van der Waals surface area contributed by atoms with Crippen LogP contribution in [-0.2, 0) is 0 Å². The Morgan fingerprint density at radius 2 is 1.85 bits per heavy atom. The van der Waals surface area contributed by atoms with Crippen LogP contribution >= 0.6 is 11.6 Å². The number of carbonyl (C=O) groups excluding carboxylic acids is 1. The molecule has 0 fully saturated rings. The van der Waals surface area contributed by atoms with Crippen molar-refractivity contribution in [2.24, 2.45) is 0 Å². The molecule has 0 aliphatic heterocycles. The second-order valence-corrected chi connectivity index (χ2v) is 4.38. The predicted molar refractivity (Wildman–Crippen MR) is 78.8 cm³/mol. The summed E-state index contributed by atoms with van der Waals surface area (Å²) >= 11 is 5.88. The second kappa shape index (κ2) is 6.16. The van der Waals surface area contributed by atoms with E-state index in [0.29, 0.717) is 22.1 Å². The highest BCUT2D eigenvalue weighted by molar-refractivity contribution is 6.31. The number of rotatable bonds is 3. The lowest BCUT2D eigenvalue weighted by Gasteiger charge is -2.12. The van der Waals surface area contributed by atoms with E-state index in [9.17, 15) is 9.90 Å². The van der Waals surface area contributed by atoms with Gasteiger partial charge in [-0.3, -0.25) is 0 Å². The van der Waals surface area contributed by atoms with Crippen molar-refractivity contribution in [3.05, 3.63) is 47.5 Å². The largest absolute Gasteiger partial charge is 0.506 e. The van der Waals surface area contributed by atoms with Crippen LogP contribution in [0.1, 0.15) is 0 Å². The van der Waals surface area contributed by atoms with Gasteiger partial charge < -0.3 is 20.5 Å². The Kier molecular flexibility index (Phi) is 4.32. The van der Waals surface area contributed by atoms with Gasteiger partial charge in [0.1, 0.15) is 11.5 Å². The summed E-state index contributed by atoms with van der Waals surface area (Å²) in [4.78, 5) is 11.9. The number of urea groups is 1. The predicted octanol–water partition coefficient (Wildman–Crippen LogP) is 3.70. The highest BCUT2D eigenvalue weighted by Crippen LogP contribution is 2.28. The van der Waals surface area contributed by atoms with Crippen molar-refractivity contribution in [1.29, 1.82) is 0 Å². The fraction of sp³-hybridized carbons (Fsp3) is 0.0714. The molecule has 0 spiro atoms. The summed E-state index contributed by atoms with van der Waals surface area (Å²) in [7, 11) is 1.50. The number of phenols is 1. The van der Waals surface area contributed by atoms with E-state index in [-0.39, 0.29) is 5.75 Å². The zero-order chi connectivity index (χ0) is 14.5. The zero-order valence-corrected chi connectivity index (χ0v) is 11.4. The zero-order valence-electron chi connectivity index (χ0n) is 10.7. The summed E-state index contributed by atoms with van der Waals surface area (Å²) in [5.41, 5.74) is 0.749. The molecule has 0 heterocycles. The van der Waals surface area contributed by atoms with Gasteiger partial charge in [-0.2, -0.15) is 0 Å². The van der Waals surface area contributed by atoms with Gasteiger partial charge in [0.15, 0.2) is 0 Å². The first kappa shape index (κ1) is 14.0. The Labute approximate surface area is 121 Å². The average molecular weight is 293 g/mol. The topological polar surface area (TPSA) is 70.6 Å². The molecule has 0 saturated heterocycles. The van der Waals surface area contributed by atoms with Crippen molar-refractivity contribution >= 4 is 29.0 Å². The first-order valence-electron chi connectivity index (χ1n) is 5.79. The number of anilines is 2. The van der Waals surface area contributed by atoms with Crippen LogP contribution in [0.15, 0.2) is 42.5 Å². The number of ether oxygens (including phenoxy) is 1. The number of phenolic OH excluding ortho intramolecular Hbond substituents is 1. The molecule has 2 aromatic carbocycles. The average Bonchev–Trinajstić information content (AvgIpc) is 2.41. The van der Waals surface area contributed by atoms with E-state index in [1.165, 1.54) is 13.2 Å². The van der Waals surface area contributed by atoms with Gasteiger partial charge in [0.25, 0.3) is 0 Å². The maximum Gasteiger partial charge on any atom is 0.323 e. The van der Waals surface area contributed by atoms with E-state index in [2.05, 4.69) is 10.6 Å². The standard InChI is InChI=1S/C14H13ClN2O3/c1-20-13-7-6-9(15)8-11(13)17-14(19)16-10-4-2-3-5-12(10)18/h2-8,18H,1H3,(H2,16,17,19). The second-order valence-electron chi connectivity index (χ2n) is 3.94. The molecule has 0 radical (unpaired) electrons. The maximum atomic E-state index is 11.9. The Hall–Kier alpha value is -2.40. The molecule has 5 nitrogen and oxygen atoms in total. The van der Waals surface area contributed by atoms with E-state index >= 15 is 0 Å². The summed E-state index contributed by atoms with van der Waals surface area (Å²) in [5.74, 6) is 0.475. The summed E-state index contributed by atoms with van der Waals surface area (Å²) in [6.07, 6.45) is 0. The number of halogens is 1. The molecule has 6 heteroatoms. The Morgan fingerprint density at radius 3 is 2.55 bits per heavy atom. The first-order valence-corrected chi connectivity index (χ1v) is 6.17. The summed E-state index contributed by atoms with van der Waals surface area (Å²) in [6.45, 7) is 0. The van der Waals surface area contributed by atoms with Crippen molar-refractivity contribution in [3.63, 3.8) is 0 Å². The van der Waals surface area contributed by atoms with Gasteiger partial charge in [0, 0.05) is 5.02 Å². The molecule has 0 saturated carbocycles. The third kappa shape index (κ3) is 3.33. The molecule has 0 atom stereocenters. The highest BCUT2D eigenvalue weighted by atomic mass is 35.5. The van der Waals surface area contributed by atoms with Gasteiger partial charge in [-0.1, -0.05) is 23.7 Å². The third-order valence-electron chi connectivity index (χ3n) is 2.56. The van der Waals surface area contributed by atoms with Crippen LogP contribution in [0.25, 0.3) is 0 Å². The van der Waals surface area contributed by atoms with Crippen LogP contribution in [0.4, 0.5) is 16.2 Å². The molecule has 0 bridgehead atoms. The van der Waals surface area contributed by atoms with Crippen LogP contribution in [0.2, 0.25) is 5.02 Å². The van der Waals surface area contributed by atoms with Crippen LogP contribution in [0.3, 0.4) is 0 Å². The SMILES string of the molecule is COc1ccc(Cl)cc1NC(=O)Nc1ccccc1O. The number of benzene rings is 2. The quantitative estimate of drug-likeness (QED) is 0.755. The Morgan fingerprint density at radius 1 is 1.15 bits per heavy atom. The number of hydrogen-bond donors (Lipinski definition) is 3. The van der Waals surface area contributed by atoms with E-state index in [1.807, 2.05) is 0 Å². The lowest BCUT2D eigenvalue weighted by atomic mass is 10.3. The number of carbonyl (C=O) groups is 1. The fourth-order valence-corrected chi connectivity index (χ4v) is 1.81. The molecular formula is C14H13ClN2O3. The van der Waals surface area contributed by atoms with Crippen molar-refractivity contribution < 1.29 is 14.6 Å². The van der Waals surface area contributed by atoms with E-state index in [0.717, 1.165) is 0 Å². The van der Waals surface area contributed by atoms with Gasteiger partial charge in [-0.05, 0) is 30.3 Å². The normalized spacial score (nSPS) is 9.90. The van der Waals surface area contributed by atoms with E-state index in [4.69, 9.17) is 16.3 Å². The number of amides is 2. The minimum absolute atomic E-state index is 0.0132. The number of nitrogens with one attached hydrogen (secondary N) is 2. The van der Waals surface area contributed by atoms with Crippen LogP contribution < -0.4 is 15.4 Å². The monoisotopic (exact) mass is 292 g/mol. The molecule has 3 N–H and O–H groups in total. The van der Waals surface area contributed by atoms with Crippen molar-refractivity contribution in [2.75, 3.05) is 17.7 Å². The molecule has 0 aliphatic rings. The van der Waals surface area contributed by atoms with Crippen molar-refractivity contribution in [3.8, 4) is 11.5 Å². The van der Waals surface area contributed by atoms with Gasteiger partial charge >= 0.3 is 6.03 Å². The van der Waals surface area contributed by atoms with Crippen LogP contribution in [0, 0.1) is 0 Å². The minimum Gasteiger partial charge on any atom is -0.506 e. The summed E-state index contributed by atoms with van der Waals surface area (Å²) in [5, 5.41) is 15.2. The molecule has 0 aromatic heterocycles. The van der Waals surface area contributed by atoms with E-state index < -0.39 is 6.03 Å². The Bertz CT molecular complexity index is 632. The molecule has 2 rings (SSSR count). The van der Waals surface area contributed by atoms with Crippen molar-refractivity contribution in [2.45, 2.75) is 0 Å². The summed E-state index contributed by atoms with van der Waals surface area (Å²) in [6, 6.07) is 10.8. The number of para-hydroxylation sites is 2. The molecular weight excluding hydrogens is 280 g/mol. The maximum absolute atomic E-state index is 11.9. The molecule has 2 aromatic rings. The lowest BCUT2D eigenvalue weighted by molar-refractivity contribution is 0.262. The van der Waals surface area contributed by atoms with Gasteiger partial charge in [0.05, 0.1) is 18.5 Å². The molecule has 0 unspecified atom stereocenters. The van der Waals surface area contributed by atoms with Crippen LogP contribution in [-0.4, -0.2) is 18.2 Å². The molecule has 104 valence electrons. The molecule has 0 aliphatic carbocycles. The fourth-order valence-electron chi connectivity index (χ4n) is 1.63. The number of methoxy groups -OCH3 is 1. The Balaban J connectivity index is 2.12. The summed E-state index contributed by atoms with van der Waals surface area (Å²) < 4.78 is 5.12. The van der Waals surface area contributed by atoms with Crippen molar-refractivity contribution in [1.82, 2.24) is 0 Å². The van der Waals surface area contributed by atoms with Gasteiger partial charge in [-0.25, -0.2) is 4.79 Å². The van der Waals surface area contributed by atoms with Gasteiger partial charge in [-0.15, -0.1) is 0 Å². The number of hydrogen-bond acceptors (Lipinski definition) is 3. The highest BCUT2D eigenvalue weighted by Gasteiger charge is 2.09. The smallest absolute Gasteiger partial charge is 0.323 e. The molecule has 20 heavy (non-hydrogen) atoms.